The van der Waals surface area contributed by atoms with Crippen LogP contribution in [0.2, 0.25) is 0 Å². The van der Waals surface area contributed by atoms with Gasteiger partial charge in [-0.15, -0.1) is 12.4 Å². The van der Waals surface area contributed by atoms with Crippen molar-refractivity contribution >= 4 is 24.8 Å². The van der Waals surface area contributed by atoms with Gasteiger partial charge in [0, 0.05) is 38.3 Å². The summed E-state index contributed by atoms with van der Waals surface area (Å²) in [5.74, 6) is 3.25. The second kappa shape index (κ2) is 11.7. The molecule has 190 valence electrons. The standard InChI is InChI=1S/C26H32N2O6.ClH/c1-30-21-13-18-12-19(16-29)25(20(18)14-22(21)31-2)28-8-6-27(7-9-28)15-17-10-23(32-3)26(34-5)24(11-17)33-4;/h10-14,16,25H,6-9,15H2,1-5H3;1H. The van der Waals surface area contributed by atoms with E-state index in [4.69, 9.17) is 23.7 Å². The molecule has 35 heavy (non-hydrogen) atoms. The molecule has 2 aliphatic rings. The van der Waals surface area contributed by atoms with Crippen LogP contribution >= 0.6 is 12.4 Å². The number of nitrogens with zero attached hydrogens (tertiary/aromatic N) is 2. The number of rotatable bonds is 9. The molecule has 0 N–H and O–H groups in total. The lowest BCUT2D eigenvalue weighted by Gasteiger charge is -2.39. The molecule has 1 unspecified atom stereocenters. The van der Waals surface area contributed by atoms with Crippen molar-refractivity contribution in [1.29, 1.82) is 0 Å². The molecule has 1 saturated heterocycles. The molecule has 1 fully saturated rings. The molecule has 0 saturated carbocycles. The Labute approximate surface area is 212 Å². The molecule has 1 aliphatic heterocycles. The average Bonchev–Trinajstić information content (AvgIpc) is 3.24. The quantitative estimate of drug-likeness (QED) is 0.480. The second-order valence-corrected chi connectivity index (χ2v) is 8.35. The van der Waals surface area contributed by atoms with Gasteiger partial charge in [0.15, 0.2) is 23.0 Å². The van der Waals surface area contributed by atoms with E-state index in [-0.39, 0.29) is 18.4 Å². The zero-order chi connectivity index (χ0) is 24.2. The number of hydrogen-bond acceptors (Lipinski definition) is 8. The van der Waals surface area contributed by atoms with Crippen LogP contribution in [0.4, 0.5) is 0 Å². The molecular formula is C26H33ClN2O6. The molecule has 1 heterocycles. The molecule has 9 heteroatoms. The molecule has 1 aliphatic carbocycles. The van der Waals surface area contributed by atoms with Crippen LogP contribution in [0, 0.1) is 0 Å². The Morgan fingerprint density at radius 3 is 1.89 bits per heavy atom. The number of ether oxygens (including phenoxy) is 5. The lowest BCUT2D eigenvalue weighted by molar-refractivity contribution is -0.105. The topological polar surface area (TPSA) is 69.7 Å². The van der Waals surface area contributed by atoms with Crippen LogP contribution in [0.3, 0.4) is 0 Å². The van der Waals surface area contributed by atoms with Crippen LogP contribution in [0.1, 0.15) is 22.7 Å². The van der Waals surface area contributed by atoms with Crippen LogP contribution in [0.25, 0.3) is 6.08 Å². The number of piperazine rings is 1. The van der Waals surface area contributed by atoms with Gasteiger partial charge < -0.3 is 23.7 Å². The molecular weight excluding hydrogens is 472 g/mol. The van der Waals surface area contributed by atoms with E-state index < -0.39 is 0 Å². The van der Waals surface area contributed by atoms with Crippen LogP contribution in [0.15, 0.2) is 29.8 Å². The van der Waals surface area contributed by atoms with Gasteiger partial charge in [-0.3, -0.25) is 14.6 Å². The highest BCUT2D eigenvalue weighted by molar-refractivity contribution is 5.89. The molecule has 0 bridgehead atoms. The van der Waals surface area contributed by atoms with Crippen molar-refractivity contribution in [3.05, 3.63) is 46.5 Å². The second-order valence-electron chi connectivity index (χ2n) is 8.35. The van der Waals surface area contributed by atoms with Crippen molar-refractivity contribution in [2.24, 2.45) is 0 Å². The SMILES string of the molecule is COc1cc2c(cc1OC)C(N1CCN(Cc3cc(OC)c(OC)c(OC)c3)CC1)C(C=O)=C2.Cl. The fourth-order valence-electron chi connectivity index (χ4n) is 4.88. The number of benzene rings is 2. The Balaban J connectivity index is 0.00000342. The summed E-state index contributed by atoms with van der Waals surface area (Å²) in [4.78, 5) is 16.7. The summed E-state index contributed by atoms with van der Waals surface area (Å²) >= 11 is 0. The van der Waals surface area contributed by atoms with Gasteiger partial charge in [0.25, 0.3) is 0 Å². The molecule has 0 aromatic heterocycles. The Bertz CT molecular complexity index is 1060. The Hall–Kier alpha value is -2.94. The van der Waals surface area contributed by atoms with Gasteiger partial charge in [0.05, 0.1) is 41.6 Å². The van der Waals surface area contributed by atoms with Crippen molar-refractivity contribution in [3.63, 3.8) is 0 Å². The highest BCUT2D eigenvalue weighted by Crippen LogP contribution is 2.43. The van der Waals surface area contributed by atoms with Crippen LogP contribution < -0.4 is 23.7 Å². The highest BCUT2D eigenvalue weighted by atomic mass is 35.5. The number of hydrogen-bond donors (Lipinski definition) is 0. The highest BCUT2D eigenvalue weighted by Gasteiger charge is 2.33. The third-order valence-corrected chi connectivity index (χ3v) is 6.56. The number of fused-ring (bicyclic) bond motifs is 1. The smallest absolute Gasteiger partial charge is 0.203 e. The van der Waals surface area contributed by atoms with Crippen molar-refractivity contribution in [2.75, 3.05) is 61.7 Å². The zero-order valence-electron chi connectivity index (χ0n) is 20.8. The van der Waals surface area contributed by atoms with E-state index in [1.165, 1.54) is 0 Å². The fraction of sp³-hybridized carbons (Fsp3) is 0.423. The van der Waals surface area contributed by atoms with Crippen molar-refractivity contribution in [3.8, 4) is 28.7 Å². The molecule has 0 spiro atoms. The molecule has 2 aromatic rings. The summed E-state index contributed by atoms with van der Waals surface area (Å²) < 4.78 is 27.4. The molecule has 4 rings (SSSR count). The number of aldehydes is 1. The van der Waals surface area contributed by atoms with Crippen molar-refractivity contribution < 1.29 is 28.5 Å². The van der Waals surface area contributed by atoms with Crippen LogP contribution in [0.5, 0.6) is 28.7 Å². The zero-order valence-corrected chi connectivity index (χ0v) is 21.6. The van der Waals surface area contributed by atoms with E-state index in [2.05, 4.69) is 9.80 Å². The normalized spacial score (nSPS) is 17.6. The number of methoxy groups -OCH3 is 5. The average molecular weight is 505 g/mol. The van der Waals surface area contributed by atoms with Gasteiger partial charge in [0.1, 0.15) is 6.29 Å². The van der Waals surface area contributed by atoms with Crippen LogP contribution in [-0.4, -0.2) is 77.8 Å². The fourth-order valence-corrected chi connectivity index (χ4v) is 4.88. The van der Waals surface area contributed by atoms with Crippen molar-refractivity contribution in [2.45, 2.75) is 12.6 Å². The van der Waals surface area contributed by atoms with E-state index in [0.29, 0.717) is 28.7 Å². The van der Waals surface area contributed by atoms with Gasteiger partial charge in [-0.05, 0) is 47.0 Å². The largest absolute Gasteiger partial charge is 0.493 e. The Morgan fingerprint density at radius 1 is 0.800 bits per heavy atom. The summed E-state index contributed by atoms with van der Waals surface area (Å²) in [5.41, 5.74) is 3.95. The summed E-state index contributed by atoms with van der Waals surface area (Å²) in [6, 6.07) is 7.85. The van der Waals surface area contributed by atoms with E-state index in [9.17, 15) is 4.79 Å². The van der Waals surface area contributed by atoms with Gasteiger partial charge >= 0.3 is 0 Å². The lowest BCUT2D eigenvalue weighted by Crippen LogP contribution is -2.47. The van der Waals surface area contributed by atoms with E-state index >= 15 is 0 Å². The first-order chi connectivity index (χ1) is 16.6. The van der Waals surface area contributed by atoms with Gasteiger partial charge in [-0.1, -0.05) is 0 Å². The van der Waals surface area contributed by atoms with Crippen molar-refractivity contribution in [1.82, 2.24) is 9.80 Å². The summed E-state index contributed by atoms with van der Waals surface area (Å²) in [5, 5.41) is 0. The third kappa shape index (κ3) is 5.19. The minimum atomic E-state index is -0.0735. The number of carbonyl (C=O) groups is 1. The van der Waals surface area contributed by atoms with E-state index in [1.54, 1.807) is 35.5 Å². The Morgan fingerprint density at radius 2 is 1.37 bits per heavy atom. The maximum Gasteiger partial charge on any atom is 0.203 e. The lowest BCUT2D eigenvalue weighted by atomic mass is 10.0. The molecule has 2 aromatic carbocycles. The van der Waals surface area contributed by atoms with Crippen LogP contribution in [-0.2, 0) is 11.3 Å². The molecule has 1 atom stereocenters. The molecule has 8 nitrogen and oxygen atoms in total. The molecule has 0 amide bonds. The minimum Gasteiger partial charge on any atom is -0.493 e. The predicted octanol–water partition coefficient (Wildman–Crippen LogP) is 3.61. The number of halogens is 1. The minimum absolute atomic E-state index is 0. The van der Waals surface area contributed by atoms with Gasteiger partial charge in [-0.25, -0.2) is 0 Å². The monoisotopic (exact) mass is 504 g/mol. The maximum atomic E-state index is 11.9. The summed E-state index contributed by atoms with van der Waals surface area (Å²) in [7, 11) is 8.11. The maximum absolute atomic E-state index is 11.9. The first-order valence-electron chi connectivity index (χ1n) is 11.2. The van der Waals surface area contributed by atoms with E-state index in [0.717, 1.165) is 61.3 Å². The number of carbonyl (C=O) groups excluding carboxylic acids is 1. The first-order valence-corrected chi connectivity index (χ1v) is 11.2. The summed E-state index contributed by atoms with van der Waals surface area (Å²) in [6.07, 6.45) is 2.92. The summed E-state index contributed by atoms with van der Waals surface area (Å²) in [6.45, 7) is 4.21. The van der Waals surface area contributed by atoms with E-state index in [1.807, 2.05) is 30.3 Å². The third-order valence-electron chi connectivity index (χ3n) is 6.56. The predicted molar refractivity (Wildman–Crippen MR) is 137 cm³/mol. The Kier molecular flexibility index (Phi) is 8.88. The van der Waals surface area contributed by atoms with Gasteiger partial charge in [-0.2, -0.15) is 0 Å². The van der Waals surface area contributed by atoms with Gasteiger partial charge in [0.2, 0.25) is 5.75 Å². The first kappa shape index (κ1) is 26.7. The molecule has 0 radical (unpaired) electrons.